The van der Waals surface area contributed by atoms with Gasteiger partial charge in [-0.05, 0) is 57.4 Å². The molecule has 35 heavy (non-hydrogen) atoms. The molecule has 0 atom stereocenters. The molecule has 1 fully saturated rings. The molecule has 1 N–H and O–H groups in total. The van der Waals surface area contributed by atoms with Gasteiger partial charge in [-0.2, -0.15) is 5.10 Å². The van der Waals surface area contributed by atoms with Crippen LogP contribution in [0.4, 0.5) is 0 Å². The first-order valence-electron chi connectivity index (χ1n) is 12.5. The summed E-state index contributed by atoms with van der Waals surface area (Å²) in [6, 6.07) is 3.05. The Morgan fingerprint density at radius 3 is 2.63 bits per heavy atom. The number of fused-ring (bicyclic) bond motifs is 2. The molecule has 3 aliphatic heterocycles. The first-order chi connectivity index (χ1) is 16.8. The number of likely N-dealkylation sites (tertiary alicyclic amines) is 1. The van der Waals surface area contributed by atoms with E-state index in [9.17, 15) is 4.79 Å². The Morgan fingerprint density at radius 2 is 1.89 bits per heavy atom. The van der Waals surface area contributed by atoms with Gasteiger partial charge in [0.15, 0.2) is 0 Å². The van der Waals surface area contributed by atoms with Crippen LogP contribution in [-0.2, 0) is 4.79 Å². The zero-order chi connectivity index (χ0) is 24.7. The van der Waals surface area contributed by atoms with E-state index < -0.39 is 0 Å². The number of rotatable bonds is 4. The van der Waals surface area contributed by atoms with Crippen molar-refractivity contribution in [2.24, 2.45) is 0 Å². The van der Waals surface area contributed by atoms with E-state index in [1.165, 1.54) is 0 Å². The van der Waals surface area contributed by atoms with Crippen molar-refractivity contribution in [3.63, 3.8) is 0 Å². The van der Waals surface area contributed by atoms with Gasteiger partial charge in [0.05, 0.1) is 40.2 Å². The Morgan fingerprint density at radius 1 is 1.11 bits per heavy atom. The van der Waals surface area contributed by atoms with Gasteiger partial charge in [-0.25, -0.2) is 4.52 Å². The maximum Gasteiger partial charge on any atom is 0.255 e. The molecule has 3 aliphatic rings. The number of carbonyl (C=O) groups excluding carboxylic acids is 1. The van der Waals surface area contributed by atoms with Crippen LogP contribution in [-0.4, -0.2) is 55.5 Å². The summed E-state index contributed by atoms with van der Waals surface area (Å²) < 4.78 is 1.84. The van der Waals surface area contributed by atoms with Gasteiger partial charge in [-0.15, -0.1) is 0 Å². The zero-order valence-electron chi connectivity index (χ0n) is 21.2. The lowest BCUT2D eigenvalue weighted by Gasteiger charge is -2.38. The molecular weight excluding hydrogens is 436 g/mol. The maximum absolute atomic E-state index is 13.5. The average Bonchev–Trinajstić information content (AvgIpc) is 3.22. The summed E-state index contributed by atoms with van der Waals surface area (Å²) in [5.74, 6) is -0.0694. The van der Waals surface area contributed by atoms with Crippen LogP contribution < -0.4 is 5.32 Å². The third-order valence-electron chi connectivity index (χ3n) is 6.82. The Bertz CT molecular complexity index is 1310. The van der Waals surface area contributed by atoms with Gasteiger partial charge in [0.1, 0.15) is 0 Å². The number of amides is 1. The van der Waals surface area contributed by atoms with E-state index in [4.69, 9.17) is 5.10 Å². The number of nitrogens with one attached hydrogen (secondary N) is 1. The van der Waals surface area contributed by atoms with Crippen molar-refractivity contribution < 1.29 is 4.79 Å². The standard InChI is InChI=1S/C28H34N6O/c1-18(2)29-23-9-11-32(12-10-23)24-13-19(3)26-8-6-7-22(14-28(35)33(26)17-24)25-15-27-21(5)30-20(4)16-34(27)31-25/h6-8,13-18,23,29H,9-12H2,1-5H3/b7-6+,22-14+,26-8+. The molecule has 2 aromatic rings. The van der Waals surface area contributed by atoms with Gasteiger partial charge < -0.3 is 10.2 Å². The van der Waals surface area contributed by atoms with Gasteiger partial charge in [0.2, 0.25) is 0 Å². The van der Waals surface area contributed by atoms with Crippen molar-refractivity contribution in [3.8, 4) is 0 Å². The number of piperidine rings is 1. The van der Waals surface area contributed by atoms with E-state index >= 15 is 0 Å². The van der Waals surface area contributed by atoms with Crippen LogP contribution in [0.5, 0.6) is 0 Å². The van der Waals surface area contributed by atoms with E-state index in [1.807, 2.05) is 55.1 Å². The molecule has 0 bridgehead atoms. The van der Waals surface area contributed by atoms with Gasteiger partial charge >= 0.3 is 0 Å². The fourth-order valence-corrected chi connectivity index (χ4v) is 5.15. The molecular formula is C28H34N6O. The molecule has 0 aromatic carbocycles. The molecule has 0 unspecified atom stereocenters. The molecule has 1 saturated heterocycles. The number of aromatic nitrogens is 3. The molecule has 5 rings (SSSR count). The summed E-state index contributed by atoms with van der Waals surface area (Å²) in [5.41, 5.74) is 7.42. The monoisotopic (exact) mass is 470 g/mol. The topological polar surface area (TPSA) is 65.8 Å². The van der Waals surface area contributed by atoms with Gasteiger partial charge in [0.25, 0.3) is 5.91 Å². The maximum atomic E-state index is 13.5. The van der Waals surface area contributed by atoms with Gasteiger partial charge in [-0.3, -0.25) is 14.7 Å². The van der Waals surface area contributed by atoms with Crippen LogP contribution in [0.1, 0.15) is 50.7 Å². The highest BCUT2D eigenvalue weighted by Gasteiger charge is 2.26. The fourth-order valence-electron chi connectivity index (χ4n) is 5.15. The Hall–Kier alpha value is -3.45. The lowest BCUT2D eigenvalue weighted by molar-refractivity contribution is -0.122. The normalized spacial score (nSPS) is 23.2. The smallest absolute Gasteiger partial charge is 0.255 e. The summed E-state index contributed by atoms with van der Waals surface area (Å²) in [6.45, 7) is 12.4. The number of nitrogens with zero attached hydrogens (tertiary/aromatic N) is 5. The van der Waals surface area contributed by atoms with Crippen LogP contribution in [0, 0.1) is 13.8 Å². The number of allylic oxidation sites excluding steroid dienone is 6. The zero-order valence-corrected chi connectivity index (χ0v) is 21.2. The summed E-state index contributed by atoms with van der Waals surface area (Å²) in [5, 5.41) is 8.38. The summed E-state index contributed by atoms with van der Waals surface area (Å²) in [4.78, 5) is 22.2. The summed E-state index contributed by atoms with van der Waals surface area (Å²) >= 11 is 0. The predicted octanol–water partition coefficient (Wildman–Crippen LogP) is 4.28. The third kappa shape index (κ3) is 4.73. The van der Waals surface area contributed by atoms with Crippen molar-refractivity contribution in [3.05, 3.63) is 82.9 Å². The van der Waals surface area contributed by atoms with Crippen molar-refractivity contribution in [1.29, 1.82) is 0 Å². The Kier molecular flexibility index (Phi) is 6.19. The first kappa shape index (κ1) is 23.3. The van der Waals surface area contributed by atoms with E-state index in [1.54, 1.807) is 11.0 Å². The quantitative estimate of drug-likeness (QED) is 0.723. The third-order valence-corrected chi connectivity index (χ3v) is 6.82. The lowest BCUT2D eigenvalue weighted by Crippen LogP contribution is -2.44. The second-order valence-electron chi connectivity index (χ2n) is 10.0. The lowest BCUT2D eigenvalue weighted by atomic mass is 10.0. The molecule has 7 nitrogen and oxygen atoms in total. The Labute approximate surface area is 207 Å². The summed E-state index contributed by atoms with van der Waals surface area (Å²) in [6.07, 6.45) is 16.0. The van der Waals surface area contributed by atoms with Crippen molar-refractivity contribution >= 4 is 17.0 Å². The minimum atomic E-state index is -0.0694. The highest BCUT2D eigenvalue weighted by atomic mass is 16.2. The highest BCUT2D eigenvalue weighted by Crippen LogP contribution is 2.30. The minimum absolute atomic E-state index is 0.0694. The fraction of sp³-hybridized carbons (Fsp3) is 0.393. The Balaban J connectivity index is 1.42. The largest absolute Gasteiger partial charge is 0.370 e. The molecule has 0 spiro atoms. The molecule has 2 aromatic heterocycles. The van der Waals surface area contributed by atoms with Gasteiger partial charge in [0, 0.05) is 43.0 Å². The van der Waals surface area contributed by atoms with Crippen LogP contribution in [0.15, 0.2) is 65.8 Å². The highest BCUT2D eigenvalue weighted by molar-refractivity contribution is 5.99. The molecule has 0 aliphatic carbocycles. The second-order valence-corrected chi connectivity index (χ2v) is 10.0. The van der Waals surface area contributed by atoms with Crippen molar-refractivity contribution in [2.45, 2.75) is 59.5 Å². The number of hydrogen-bond donors (Lipinski definition) is 1. The van der Waals surface area contributed by atoms with Crippen molar-refractivity contribution in [2.75, 3.05) is 13.1 Å². The second kappa shape index (κ2) is 9.30. The predicted molar refractivity (Wildman–Crippen MR) is 139 cm³/mol. The number of hydrogen-bond acceptors (Lipinski definition) is 5. The molecule has 0 radical (unpaired) electrons. The first-order valence-corrected chi connectivity index (χ1v) is 12.5. The number of aryl methyl sites for hydroxylation is 2. The van der Waals surface area contributed by atoms with E-state index in [2.05, 4.69) is 42.0 Å². The van der Waals surface area contributed by atoms with Crippen LogP contribution in [0.3, 0.4) is 0 Å². The SMILES string of the molecule is CC1=CC(N2CCC(NC(C)C)CC2)=CN2C(=O)\C=C(c3cc4c(C)nc(C)cn4n3)/C=C/C=C\12. The van der Waals surface area contributed by atoms with E-state index in [-0.39, 0.29) is 5.91 Å². The summed E-state index contributed by atoms with van der Waals surface area (Å²) in [7, 11) is 0. The van der Waals surface area contributed by atoms with E-state index in [0.29, 0.717) is 12.1 Å². The van der Waals surface area contributed by atoms with Crippen LogP contribution in [0.2, 0.25) is 0 Å². The van der Waals surface area contributed by atoms with Crippen LogP contribution in [0.25, 0.3) is 11.1 Å². The van der Waals surface area contributed by atoms with Crippen LogP contribution >= 0.6 is 0 Å². The molecule has 182 valence electrons. The molecule has 5 heterocycles. The molecule has 7 heteroatoms. The number of carbonyl (C=O) groups is 1. The average molecular weight is 471 g/mol. The van der Waals surface area contributed by atoms with Gasteiger partial charge in [-0.1, -0.05) is 26.0 Å². The minimum Gasteiger partial charge on any atom is -0.370 e. The van der Waals surface area contributed by atoms with E-state index in [0.717, 1.165) is 71.1 Å². The molecule has 0 saturated carbocycles. The molecule has 1 amide bonds. The van der Waals surface area contributed by atoms with Crippen molar-refractivity contribution in [1.82, 2.24) is 29.7 Å².